The lowest BCUT2D eigenvalue weighted by Crippen LogP contribution is -2.13. The van der Waals surface area contributed by atoms with E-state index < -0.39 is 0 Å². The highest BCUT2D eigenvalue weighted by atomic mass is 16.2. The van der Waals surface area contributed by atoms with E-state index in [1.165, 1.54) is 0 Å². The SMILES string of the molecule is Cc1ccccc1C(=O)n1c2ccccc2c2cc(-c3nn[nH]n3)ccc21. The summed E-state index contributed by atoms with van der Waals surface area (Å²) < 4.78 is 1.78. The van der Waals surface area contributed by atoms with Crippen LogP contribution in [0, 0.1) is 6.92 Å². The third-order valence-corrected chi connectivity index (χ3v) is 4.85. The van der Waals surface area contributed by atoms with Crippen LogP contribution in [0.3, 0.4) is 0 Å². The van der Waals surface area contributed by atoms with Crippen molar-refractivity contribution in [1.29, 1.82) is 0 Å². The van der Waals surface area contributed by atoms with Crippen molar-refractivity contribution in [1.82, 2.24) is 25.2 Å². The number of aromatic amines is 1. The number of carbonyl (C=O) groups excluding carboxylic acids is 1. The molecule has 6 heteroatoms. The monoisotopic (exact) mass is 353 g/mol. The Kier molecular flexibility index (Phi) is 3.36. The molecule has 130 valence electrons. The molecule has 0 atom stereocenters. The number of aromatic nitrogens is 5. The number of hydrogen-bond donors (Lipinski definition) is 1. The number of benzene rings is 3. The van der Waals surface area contributed by atoms with Gasteiger partial charge in [-0.1, -0.05) is 36.4 Å². The lowest BCUT2D eigenvalue weighted by molar-refractivity contribution is 0.0969. The van der Waals surface area contributed by atoms with Gasteiger partial charge in [-0.3, -0.25) is 9.36 Å². The summed E-state index contributed by atoms with van der Waals surface area (Å²) in [5.74, 6) is 0.491. The smallest absolute Gasteiger partial charge is 0.263 e. The van der Waals surface area contributed by atoms with E-state index in [-0.39, 0.29) is 5.91 Å². The highest BCUT2D eigenvalue weighted by Gasteiger charge is 2.19. The van der Waals surface area contributed by atoms with Gasteiger partial charge in [-0.15, -0.1) is 10.2 Å². The van der Waals surface area contributed by atoms with E-state index in [1.54, 1.807) is 4.57 Å². The van der Waals surface area contributed by atoms with Crippen LogP contribution in [0.1, 0.15) is 15.9 Å². The highest BCUT2D eigenvalue weighted by molar-refractivity contribution is 6.17. The van der Waals surface area contributed by atoms with Crippen molar-refractivity contribution < 1.29 is 4.79 Å². The lowest BCUT2D eigenvalue weighted by Gasteiger charge is -2.08. The molecule has 0 spiro atoms. The molecule has 3 aromatic carbocycles. The van der Waals surface area contributed by atoms with Gasteiger partial charge in [0.25, 0.3) is 5.91 Å². The van der Waals surface area contributed by atoms with E-state index in [1.807, 2.05) is 73.7 Å². The quantitative estimate of drug-likeness (QED) is 0.521. The van der Waals surface area contributed by atoms with Crippen LogP contribution in [0.2, 0.25) is 0 Å². The first kappa shape index (κ1) is 15.5. The van der Waals surface area contributed by atoms with Crippen molar-refractivity contribution >= 4 is 27.7 Å². The molecule has 0 aliphatic rings. The molecule has 0 saturated carbocycles. The van der Waals surface area contributed by atoms with Gasteiger partial charge in [-0.05, 0) is 48.0 Å². The summed E-state index contributed by atoms with van der Waals surface area (Å²) in [5.41, 5.74) is 4.24. The molecule has 6 nitrogen and oxygen atoms in total. The molecule has 0 radical (unpaired) electrons. The van der Waals surface area contributed by atoms with Gasteiger partial charge in [0.1, 0.15) is 0 Å². The number of nitrogens with one attached hydrogen (secondary N) is 1. The van der Waals surface area contributed by atoms with Crippen LogP contribution in [0.15, 0.2) is 66.7 Å². The Bertz CT molecular complexity index is 1300. The van der Waals surface area contributed by atoms with Gasteiger partial charge in [0.05, 0.1) is 11.0 Å². The van der Waals surface area contributed by atoms with Crippen molar-refractivity contribution in [2.24, 2.45) is 0 Å². The Morgan fingerprint density at radius 3 is 2.52 bits per heavy atom. The molecule has 0 unspecified atom stereocenters. The number of nitrogens with zero attached hydrogens (tertiary/aromatic N) is 4. The topological polar surface area (TPSA) is 76.5 Å². The number of aryl methyl sites for hydroxylation is 1. The summed E-state index contributed by atoms with van der Waals surface area (Å²) in [6.07, 6.45) is 0. The first-order chi connectivity index (χ1) is 13.2. The van der Waals surface area contributed by atoms with E-state index >= 15 is 0 Å². The van der Waals surface area contributed by atoms with Crippen LogP contribution in [-0.4, -0.2) is 31.1 Å². The number of hydrogen-bond acceptors (Lipinski definition) is 4. The van der Waals surface area contributed by atoms with Gasteiger partial charge in [0.2, 0.25) is 5.82 Å². The molecular weight excluding hydrogens is 338 g/mol. The minimum Gasteiger partial charge on any atom is -0.276 e. The molecule has 0 fully saturated rings. The van der Waals surface area contributed by atoms with E-state index in [9.17, 15) is 4.79 Å². The third kappa shape index (κ3) is 2.34. The Labute approximate surface area is 154 Å². The normalized spacial score (nSPS) is 11.3. The maximum absolute atomic E-state index is 13.4. The Morgan fingerprint density at radius 2 is 1.70 bits per heavy atom. The zero-order valence-electron chi connectivity index (χ0n) is 14.5. The van der Waals surface area contributed by atoms with Crippen LogP contribution >= 0.6 is 0 Å². The summed E-state index contributed by atoms with van der Waals surface area (Å²) in [6.45, 7) is 1.95. The molecule has 0 bridgehead atoms. The van der Waals surface area contributed by atoms with Gasteiger partial charge in [-0.2, -0.15) is 5.21 Å². The van der Waals surface area contributed by atoms with Gasteiger partial charge in [0.15, 0.2) is 0 Å². The maximum atomic E-state index is 13.4. The molecule has 5 aromatic rings. The second-order valence-electron chi connectivity index (χ2n) is 6.44. The molecule has 2 heterocycles. The Morgan fingerprint density at radius 1 is 0.926 bits per heavy atom. The Balaban J connectivity index is 1.81. The van der Waals surface area contributed by atoms with Gasteiger partial charge in [0, 0.05) is 21.9 Å². The molecule has 0 aliphatic heterocycles. The first-order valence-corrected chi connectivity index (χ1v) is 8.61. The van der Waals surface area contributed by atoms with Crippen molar-refractivity contribution in [3.05, 3.63) is 77.9 Å². The first-order valence-electron chi connectivity index (χ1n) is 8.61. The number of rotatable bonds is 2. The van der Waals surface area contributed by atoms with E-state index in [2.05, 4.69) is 20.6 Å². The molecule has 2 aromatic heterocycles. The zero-order chi connectivity index (χ0) is 18.4. The summed E-state index contributed by atoms with van der Waals surface area (Å²) in [4.78, 5) is 13.4. The van der Waals surface area contributed by atoms with Crippen LogP contribution in [0.25, 0.3) is 33.2 Å². The molecule has 0 aliphatic carbocycles. The van der Waals surface area contributed by atoms with Gasteiger partial charge < -0.3 is 0 Å². The molecule has 0 saturated heterocycles. The average molecular weight is 353 g/mol. The fourth-order valence-electron chi connectivity index (χ4n) is 3.55. The van der Waals surface area contributed by atoms with E-state index in [4.69, 9.17) is 0 Å². The summed E-state index contributed by atoms with van der Waals surface area (Å²) in [7, 11) is 0. The molecule has 1 N–H and O–H groups in total. The van der Waals surface area contributed by atoms with E-state index in [0.29, 0.717) is 11.4 Å². The third-order valence-electron chi connectivity index (χ3n) is 4.85. The predicted octanol–water partition coefficient (Wildman–Crippen LogP) is 3.97. The number of carbonyl (C=O) groups is 1. The van der Waals surface area contributed by atoms with Crippen molar-refractivity contribution in [3.8, 4) is 11.4 Å². The minimum absolute atomic E-state index is 0.0355. The molecular formula is C21H15N5O. The fourth-order valence-corrected chi connectivity index (χ4v) is 3.55. The predicted molar refractivity (Wildman–Crippen MR) is 104 cm³/mol. The fraction of sp³-hybridized carbons (Fsp3) is 0.0476. The number of para-hydroxylation sites is 1. The van der Waals surface area contributed by atoms with Crippen molar-refractivity contribution in [3.63, 3.8) is 0 Å². The molecule has 0 amide bonds. The van der Waals surface area contributed by atoms with Crippen LogP contribution < -0.4 is 0 Å². The van der Waals surface area contributed by atoms with Crippen LogP contribution in [0.4, 0.5) is 0 Å². The summed E-state index contributed by atoms with van der Waals surface area (Å²) in [6, 6.07) is 21.4. The van der Waals surface area contributed by atoms with Crippen LogP contribution in [0.5, 0.6) is 0 Å². The highest BCUT2D eigenvalue weighted by Crippen LogP contribution is 2.32. The second kappa shape index (κ2) is 5.88. The van der Waals surface area contributed by atoms with Gasteiger partial charge in [-0.25, -0.2) is 0 Å². The Hall–Kier alpha value is -3.80. The summed E-state index contributed by atoms with van der Waals surface area (Å²) in [5, 5.41) is 16.2. The van der Waals surface area contributed by atoms with Crippen molar-refractivity contribution in [2.45, 2.75) is 6.92 Å². The van der Waals surface area contributed by atoms with Crippen molar-refractivity contribution in [2.75, 3.05) is 0 Å². The minimum atomic E-state index is -0.0355. The number of H-pyrrole nitrogens is 1. The standard InChI is InChI=1S/C21H15N5O/c1-13-6-2-3-7-15(13)21(27)26-18-9-5-4-8-16(18)17-12-14(10-11-19(17)26)20-22-24-25-23-20/h2-12H,1H3,(H,22,23,24,25). The summed E-state index contributed by atoms with van der Waals surface area (Å²) >= 11 is 0. The number of tetrazole rings is 1. The average Bonchev–Trinajstić information content (AvgIpc) is 3.34. The van der Waals surface area contributed by atoms with E-state index in [0.717, 1.165) is 32.9 Å². The lowest BCUT2D eigenvalue weighted by atomic mass is 10.1. The second-order valence-corrected chi connectivity index (χ2v) is 6.44. The van der Waals surface area contributed by atoms with Gasteiger partial charge >= 0.3 is 0 Å². The maximum Gasteiger partial charge on any atom is 0.263 e. The van der Waals surface area contributed by atoms with Crippen LogP contribution in [-0.2, 0) is 0 Å². The molecule has 27 heavy (non-hydrogen) atoms. The largest absolute Gasteiger partial charge is 0.276 e. The number of fused-ring (bicyclic) bond motifs is 3. The zero-order valence-corrected chi connectivity index (χ0v) is 14.5. The molecule has 5 rings (SSSR count).